The Morgan fingerprint density at radius 3 is 2.67 bits per heavy atom. The molecule has 0 aliphatic rings. The molecule has 1 heterocycles. The van der Waals surface area contributed by atoms with Crippen LogP contribution in [0.25, 0.3) is 0 Å². The van der Waals surface area contributed by atoms with Gasteiger partial charge >= 0.3 is 0 Å². The molecule has 0 bridgehead atoms. The lowest BCUT2D eigenvalue weighted by molar-refractivity contribution is -0.119. The van der Waals surface area contributed by atoms with Crippen molar-refractivity contribution in [2.45, 2.75) is 19.8 Å². The number of hydrogen-bond donors (Lipinski definition) is 2. The van der Waals surface area contributed by atoms with Gasteiger partial charge in [0.25, 0.3) is 0 Å². The van der Waals surface area contributed by atoms with Crippen molar-refractivity contribution in [1.29, 1.82) is 0 Å². The Morgan fingerprint density at radius 2 is 2.33 bits per heavy atom. The molecular weight excluding hydrogens is 190 g/mol. The fraction of sp³-hybridized carbons (Fsp3) is 0.455. The molecule has 0 radical (unpaired) electrons. The van der Waals surface area contributed by atoms with E-state index in [1.54, 1.807) is 13.2 Å². The molecule has 0 saturated carbocycles. The van der Waals surface area contributed by atoms with Crippen molar-refractivity contribution in [3.63, 3.8) is 0 Å². The first kappa shape index (κ1) is 13.6. The first-order chi connectivity index (χ1) is 7.24. The minimum absolute atomic E-state index is 0.0799. The molecular formula is C11H19N3O. The van der Waals surface area contributed by atoms with E-state index in [4.69, 9.17) is 5.73 Å². The number of pyridine rings is 1. The van der Waals surface area contributed by atoms with Gasteiger partial charge in [0.1, 0.15) is 0 Å². The van der Waals surface area contributed by atoms with Crippen molar-refractivity contribution in [2.24, 2.45) is 5.73 Å². The van der Waals surface area contributed by atoms with Crippen LogP contribution in [-0.2, 0) is 11.2 Å². The van der Waals surface area contributed by atoms with E-state index in [2.05, 4.69) is 23.3 Å². The van der Waals surface area contributed by atoms with Crippen LogP contribution >= 0.6 is 0 Å². The van der Waals surface area contributed by atoms with Crippen LogP contribution < -0.4 is 11.1 Å². The van der Waals surface area contributed by atoms with Gasteiger partial charge in [0.05, 0.1) is 6.54 Å². The zero-order valence-corrected chi connectivity index (χ0v) is 9.36. The summed E-state index contributed by atoms with van der Waals surface area (Å²) in [5, 5.41) is 2.35. The Balaban J connectivity index is 0.000000288. The summed E-state index contributed by atoms with van der Waals surface area (Å²) in [5.41, 5.74) is 6.20. The van der Waals surface area contributed by atoms with Gasteiger partial charge in [-0.15, -0.1) is 0 Å². The number of nitrogens with two attached hydrogens (primary N) is 1. The number of carbonyl (C=O) groups excluding carboxylic acids is 1. The number of rotatable bonds is 3. The minimum Gasteiger partial charge on any atom is -0.358 e. The molecule has 84 valence electrons. The number of nitrogens with zero attached hydrogens (tertiary/aromatic N) is 1. The maximum Gasteiger partial charge on any atom is 0.233 e. The number of hydrogen-bond acceptors (Lipinski definition) is 3. The van der Waals surface area contributed by atoms with Crippen molar-refractivity contribution < 1.29 is 4.79 Å². The molecule has 4 heteroatoms. The highest BCUT2D eigenvalue weighted by Gasteiger charge is 1.85. The summed E-state index contributed by atoms with van der Waals surface area (Å²) < 4.78 is 0. The highest BCUT2D eigenvalue weighted by molar-refractivity contribution is 5.77. The molecule has 0 saturated heterocycles. The van der Waals surface area contributed by atoms with Crippen molar-refractivity contribution in [3.8, 4) is 0 Å². The van der Waals surface area contributed by atoms with Crippen LogP contribution in [0, 0.1) is 0 Å². The highest BCUT2D eigenvalue weighted by atomic mass is 16.1. The monoisotopic (exact) mass is 209 g/mol. The minimum atomic E-state index is -0.130. The van der Waals surface area contributed by atoms with E-state index in [1.165, 1.54) is 12.0 Å². The standard InChI is InChI=1S/C8H11N.C3H8N2O/c1-2-4-8-5-3-6-9-7-8;1-5-3(6)2-4/h3,5-7H,2,4H2,1H3;2,4H2,1H3,(H,5,6). The maximum atomic E-state index is 9.94. The van der Waals surface area contributed by atoms with Crippen LogP contribution in [0.5, 0.6) is 0 Å². The van der Waals surface area contributed by atoms with Crippen molar-refractivity contribution in [2.75, 3.05) is 13.6 Å². The third-order valence-electron chi connectivity index (χ3n) is 1.73. The first-order valence-electron chi connectivity index (χ1n) is 5.04. The molecule has 1 aromatic rings. The summed E-state index contributed by atoms with van der Waals surface area (Å²) in [6.45, 7) is 2.25. The topological polar surface area (TPSA) is 68.0 Å². The average Bonchev–Trinajstić information content (AvgIpc) is 2.31. The number of carbonyl (C=O) groups is 1. The van der Waals surface area contributed by atoms with Crippen LogP contribution in [0.3, 0.4) is 0 Å². The molecule has 1 rings (SSSR count). The molecule has 0 aliphatic carbocycles. The van der Waals surface area contributed by atoms with Crippen molar-refractivity contribution in [3.05, 3.63) is 30.1 Å². The van der Waals surface area contributed by atoms with Crippen LogP contribution in [0.1, 0.15) is 18.9 Å². The lowest BCUT2D eigenvalue weighted by atomic mass is 10.2. The van der Waals surface area contributed by atoms with Gasteiger partial charge in [0.2, 0.25) is 5.91 Å². The third kappa shape index (κ3) is 7.64. The van der Waals surface area contributed by atoms with Gasteiger partial charge in [0.15, 0.2) is 0 Å². The van der Waals surface area contributed by atoms with Crippen LogP contribution in [0.4, 0.5) is 0 Å². The van der Waals surface area contributed by atoms with Gasteiger partial charge in [-0.2, -0.15) is 0 Å². The smallest absolute Gasteiger partial charge is 0.233 e. The Kier molecular flexibility index (Phi) is 8.28. The zero-order valence-electron chi connectivity index (χ0n) is 9.36. The lowest BCUT2D eigenvalue weighted by Crippen LogP contribution is -2.26. The third-order valence-corrected chi connectivity index (χ3v) is 1.73. The van der Waals surface area contributed by atoms with Crippen LogP contribution in [0.2, 0.25) is 0 Å². The summed E-state index contributed by atoms with van der Waals surface area (Å²) in [6.07, 6.45) is 6.07. The SMILES string of the molecule is CCCc1cccnc1.CNC(=O)CN. The summed E-state index contributed by atoms with van der Waals surface area (Å²) in [6, 6.07) is 4.08. The van der Waals surface area contributed by atoms with Crippen LogP contribution in [0.15, 0.2) is 24.5 Å². The molecule has 0 fully saturated rings. The van der Waals surface area contributed by atoms with E-state index < -0.39 is 0 Å². The first-order valence-corrected chi connectivity index (χ1v) is 5.04. The summed E-state index contributed by atoms with van der Waals surface area (Å²) in [7, 11) is 1.55. The van der Waals surface area contributed by atoms with Crippen molar-refractivity contribution >= 4 is 5.91 Å². The second-order valence-electron chi connectivity index (χ2n) is 2.99. The number of nitrogens with one attached hydrogen (secondary N) is 1. The summed E-state index contributed by atoms with van der Waals surface area (Å²) in [4.78, 5) is 13.9. The number of amides is 1. The second kappa shape index (κ2) is 9.15. The van der Waals surface area contributed by atoms with E-state index in [0.29, 0.717) is 0 Å². The molecule has 1 aromatic heterocycles. The predicted octanol–water partition coefficient (Wildman–Crippen LogP) is 0.725. The Morgan fingerprint density at radius 1 is 1.60 bits per heavy atom. The quantitative estimate of drug-likeness (QED) is 0.771. The van der Waals surface area contributed by atoms with Crippen LogP contribution in [-0.4, -0.2) is 24.5 Å². The second-order valence-corrected chi connectivity index (χ2v) is 2.99. The predicted molar refractivity (Wildman–Crippen MR) is 61.4 cm³/mol. The van der Waals surface area contributed by atoms with E-state index in [1.807, 2.05) is 12.3 Å². The molecule has 0 atom stereocenters. The summed E-state index contributed by atoms with van der Waals surface area (Å²) in [5.74, 6) is -0.130. The molecule has 3 N–H and O–H groups in total. The fourth-order valence-electron chi connectivity index (χ4n) is 0.937. The molecule has 4 nitrogen and oxygen atoms in total. The molecule has 0 aromatic carbocycles. The average molecular weight is 209 g/mol. The molecule has 15 heavy (non-hydrogen) atoms. The van der Waals surface area contributed by atoms with E-state index in [9.17, 15) is 4.79 Å². The highest BCUT2D eigenvalue weighted by Crippen LogP contribution is 1.98. The van der Waals surface area contributed by atoms with Gasteiger partial charge in [-0.25, -0.2) is 0 Å². The Bertz CT molecular complexity index is 256. The Labute approximate surface area is 90.9 Å². The molecule has 0 aliphatic heterocycles. The van der Waals surface area contributed by atoms with Gasteiger partial charge in [-0.05, 0) is 18.1 Å². The van der Waals surface area contributed by atoms with E-state index >= 15 is 0 Å². The van der Waals surface area contributed by atoms with Gasteiger partial charge < -0.3 is 11.1 Å². The fourth-order valence-corrected chi connectivity index (χ4v) is 0.937. The molecule has 1 amide bonds. The maximum absolute atomic E-state index is 9.94. The lowest BCUT2D eigenvalue weighted by Gasteiger charge is -1.92. The largest absolute Gasteiger partial charge is 0.358 e. The van der Waals surface area contributed by atoms with E-state index in [0.717, 1.165) is 6.42 Å². The summed E-state index contributed by atoms with van der Waals surface area (Å²) >= 11 is 0. The Hall–Kier alpha value is -1.42. The van der Waals surface area contributed by atoms with E-state index in [-0.39, 0.29) is 12.5 Å². The van der Waals surface area contributed by atoms with Crippen molar-refractivity contribution in [1.82, 2.24) is 10.3 Å². The van der Waals surface area contributed by atoms with Gasteiger partial charge in [-0.3, -0.25) is 9.78 Å². The molecule has 0 unspecified atom stereocenters. The number of aryl methyl sites for hydroxylation is 1. The molecule has 0 spiro atoms. The van der Waals surface area contributed by atoms with Gasteiger partial charge in [-0.1, -0.05) is 19.4 Å². The van der Waals surface area contributed by atoms with Gasteiger partial charge in [0, 0.05) is 19.4 Å². The number of aromatic nitrogens is 1. The normalized spacial score (nSPS) is 8.73. The zero-order chi connectivity index (χ0) is 11.5. The number of likely N-dealkylation sites (N-methyl/N-ethyl adjacent to an activating group) is 1.